The first-order valence-corrected chi connectivity index (χ1v) is 6.04. The summed E-state index contributed by atoms with van der Waals surface area (Å²) in [6, 6.07) is 4.85. The highest BCUT2D eigenvalue weighted by atomic mass is 19.1. The number of nitriles is 1. The summed E-state index contributed by atoms with van der Waals surface area (Å²) in [6.07, 6.45) is 0.842. The summed E-state index contributed by atoms with van der Waals surface area (Å²) in [6.45, 7) is 1.92. The van der Waals surface area contributed by atoms with E-state index in [0.29, 0.717) is 12.8 Å². The molecule has 1 N–H and O–H groups in total. The highest BCUT2D eigenvalue weighted by Gasteiger charge is 2.49. The van der Waals surface area contributed by atoms with Crippen LogP contribution >= 0.6 is 0 Å². The molecule has 0 unspecified atom stereocenters. The summed E-state index contributed by atoms with van der Waals surface area (Å²) in [7, 11) is 0. The molecule has 2 rings (SSSR count). The average molecular weight is 277 g/mol. The third kappa shape index (κ3) is 2.32. The molecule has 1 aromatic rings. The molecule has 0 atom stereocenters. The van der Waals surface area contributed by atoms with E-state index in [9.17, 15) is 19.3 Å². The Labute approximate surface area is 114 Å². The molecule has 0 bridgehead atoms. The Morgan fingerprint density at radius 3 is 2.75 bits per heavy atom. The topological polar surface area (TPSA) is 96.0 Å². The molecule has 0 spiro atoms. The summed E-state index contributed by atoms with van der Waals surface area (Å²) in [5, 5.41) is 22.3. The second kappa shape index (κ2) is 4.89. The molecule has 104 valence electrons. The Morgan fingerprint density at radius 1 is 1.60 bits per heavy atom. The number of carbonyl (C=O) groups is 1. The molecule has 20 heavy (non-hydrogen) atoms. The molecule has 1 amide bonds. The van der Waals surface area contributed by atoms with Gasteiger partial charge in [-0.05, 0) is 30.9 Å². The van der Waals surface area contributed by atoms with Crippen LogP contribution < -0.4 is 5.32 Å². The maximum atomic E-state index is 13.0. The van der Waals surface area contributed by atoms with Crippen molar-refractivity contribution in [2.24, 2.45) is 11.3 Å². The van der Waals surface area contributed by atoms with E-state index < -0.39 is 27.8 Å². The molecule has 0 saturated heterocycles. The van der Waals surface area contributed by atoms with Crippen molar-refractivity contribution in [3.8, 4) is 6.07 Å². The van der Waals surface area contributed by atoms with Crippen LogP contribution in [0.3, 0.4) is 0 Å². The Morgan fingerprint density at radius 2 is 2.25 bits per heavy atom. The zero-order chi connectivity index (χ0) is 14.9. The number of nitro groups is 1. The zero-order valence-corrected chi connectivity index (χ0v) is 10.7. The van der Waals surface area contributed by atoms with Gasteiger partial charge < -0.3 is 5.32 Å². The third-order valence-corrected chi connectivity index (χ3v) is 3.45. The molecule has 6 nitrogen and oxygen atoms in total. The second-order valence-electron chi connectivity index (χ2n) is 5.08. The van der Waals surface area contributed by atoms with Crippen LogP contribution in [0.1, 0.15) is 19.8 Å². The fraction of sp³-hybridized carbons (Fsp3) is 0.385. The Bertz CT molecular complexity index is 618. The Kier molecular flexibility index (Phi) is 3.40. The first-order chi connectivity index (χ1) is 9.38. The van der Waals surface area contributed by atoms with Gasteiger partial charge in [0.05, 0.1) is 17.1 Å². The van der Waals surface area contributed by atoms with E-state index in [1.807, 2.05) is 13.0 Å². The quantitative estimate of drug-likeness (QED) is 0.678. The molecule has 7 heteroatoms. The Hall–Kier alpha value is -2.49. The van der Waals surface area contributed by atoms with Crippen LogP contribution in [0.2, 0.25) is 0 Å². The zero-order valence-electron chi connectivity index (χ0n) is 10.7. The number of nitrogens with zero attached hydrogens (tertiary/aromatic N) is 2. The first kappa shape index (κ1) is 13.9. The van der Waals surface area contributed by atoms with Gasteiger partial charge in [-0.1, -0.05) is 6.92 Å². The van der Waals surface area contributed by atoms with Gasteiger partial charge in [0, 0.05) is 0 Å². The molecule has 1 saturated carbocycles. The number of carbonyl (C=O) groups excluding carboxylic acids is 1. The van der Waals surface area contributed by atoms with E-state index in [1.54, 1.807) is 0 Å². The van der Waals surface area contributed by atoms with Crippen molar-refractivity contribution in [2.45, 2.75) is 19.8 Å². The predicted octanol–water partition coefficient (Wildman–Crippen LogP) is 2.61. The SMILES string of the molecule is CC1CC(C#N)(C(=O)Nc2ccc(F)cc2[N+](=O)[O-])C1. The van der Waals surface area contributed by atoms with Crippen LogP contribution in [0.15, 0.2) is 18.2 Å². The molecule has 1 aliphatic carbocycles. The van der Waals surface area contributed by atoms with E-state index >= 15 is 0 Å². The molecule has 0 radical (unpaired) electrons. The number of nitrogens with one attached hydrogen (secondary N) is 1. The minimum absolute atomic E-state index is 0.101. The lowest BCUT2D eigenvalue weighted by Gasteiger charge is -2.39. The maximum absolute atomic E-state index is 13.0. The highest BCUT2D eigenvalue weighted by molar-refractivity contribution is 5.99. The summed E-state index contributed by atoms with van der Waals surface area (Å²) >= 11 is 0. The monoisotopic (exact) mass is 277 g/mol. The number of anilines is 1. The maximum Gasteiger partial charge on any atom is 0.295 e. The standard InChI is InChI=1S/C13H12FN3O3/c1-8-5-13(6-8,7-15)12(18)16-10-3-2-9(14)4-11(10)17(19)20/h2-4,8H,5-6H2,1H3,(H,16,18). The van der Waals surface area contributed by atoms with Crippen LogP contribution in [-0.2, 0) is 4.79 Å². The van der Waals surface area contributed by atoms with Crippen molar-refractivity contribution in [1.29, 1.82) is 5.26 Å². The average Bonchev–Trinajstić information content (AvgIpc) is 2.36. The van der Waals surface area contributed by atoms with Gasteiger partial charge in [0.25, 0.3) is 5.69 Å². The fourth-order valence-corrected chi connectivity index (χ4v) is 2.46. The van der Waals surface area contributed by atoms with Gasteiger partial charge in [-0.15, -0.1) is 0 Å². The smallest absolute Gasteiger partial charge is 0.295 e. The second-order valence-corrected chi connectivity index (χ2v) is 5.08. The molecule has 0 aliphatic heterocycles. The molecule has 0 aromatic heterocycles. The Balaban J connectivity index is 2.25. The van der Waals surface area contributed by atoms with Crippen LogP contribution in [0.5, 0.6) is 0 Å². The molecule has 1 fully saturated rings. The van der Waals surface area contributed by atoms with Crippen molar-refractivity contribution >= 4 is 17.3 Å². The van der Waals surface area contributed by atoms with Crippen molar-refractivity contribution in [3.63, 3.8) is 0 Å². The summed E-state index contributed by atoms with van der Waals surface area (Å²) in [5.74, 6) is -1.07. The number of hydrogen-bond donors (Lipinski definition) is 1. The number of amides is 1. The van der Waals surface area contributed by atoms with Crippen molar-refractivity contribution < 1.29 is 14.1 Å². The molecular weight excluding hydrogens is 265 g/mol. The molecule has 1 aromatic carbocycles. The number of rotatable bonds is 3. The molecule has 0 heterocycles. The summed E-state index contributed by atoms with van der Waals surface area (Å²) in [5.41, 5.74) is -1.77. The van der Waals surface area contributed by atoms with E-state index in [4.69, 9.17) is 5.26 Å². The van der Waals surface area contributed by atoms with Crippen LogP contribution in [0.25, 0.3) is 0 Å². The minimum atomic E-state index is -1.14. The van der Waals surface area contributed by atoms with Crippen LogP contribution in [-0.4, -0.2) is 10.8 Å². The number of hydrogen-bond acceptors (Lipinski definition) is 4. The van der Waals surface area contributed by atoms with Crippen LogP contribution in [0, 0.1) is 38.6 Å². The minimum Gasteiger partial charge on any atom is -0.319 e. The van der Waals surface area contributed by atoms with Gasteiger partial charge in [0.1, 0.15) is 16.9 Å². The van der Waals surface area contributed by atoms with E-state index in [-0.39, 0.29) is 11.6 Å². The lowest BCUT2D eigenvalue weighted by Crippen LogP contribution is -2.45. The van der Waals surface area contributed by atoms with Gasteiger partial charge in [0.2, 0.25) is 5.91 Å². The van der Waals surface area contributed by atoms with Gasteiger partial charge >= 0.3 is 0 Å². The van der Waals surface area contributed by atoms with E-state index in [1.165, 1.54) is 0 Å². The van der Waals surface area contributed by atoms with Gasteiger partial charge in [-0.2, -0.15) is 5.26 Å². The van der Waals surface area contributed by atoms with Crippen LogP contribution in [0.4, 0.5) is 15.8 Å². The lowest BCUT2D eigenvalue weighted by molar-refractivity contribution is -0.384. The lowest BCUT2D eigenvalue weighted by atomic mass is 9.63. The van der Waals surface area contributed by atoms with E-state index in [0.717, 1.165) is 18.2 Å². The van der Waals surface area contributed by atoms with Crippen molar-refractivity contribution in [3.05, 3.63) is 34.1 Å². The predicted molar refractivity (Wildman–Crippen MR) is 68.1 cm³/mol. The van der Waals surface area contributed by atoms with Crippen molar-refractivity contribution in [2.75, 3.05) is 5.32 Å². The summed E-state index contributed by atoms with van der Waals surface area (Å²) < 4.78 is 13.0. The third-order valence-electron chi connectivity index (χ3n) is 3.45. The molecular formula is C13H12FN3O3. The fourth-order valence-electron chi connectivity index (χ4n) is 2.46. The number of benzene rings is 1. The molecule has 1 aliphatic rings. The van der Waals surface area contributed by atoms with Gasteiger partial charge in [0.15, 0.2) is 0 Å². The highest BCUT2D eigenvalue weighted by Crippen LogP contribution is 2.46. The number of halogens is 1. The van der Waals surface area contributed by atoms with Gasteiger partial charge in [-0.3, -0.25) is 14.9 Å². The number of nitro benzene ring substituents is 1. The normalized spacial score (nSPS) is 24.4. The van der Waals surface area contributed by atoms with Crippen molar-refractivity contribution in [1.82, 2.24) is 0 Å². The summed E-state index contributed by atoms with van der Waals surface area (Å²) in [4.78, 5) is 22.2. The van der Waals surface area contributed by atoms with E-state index in [2.05, 4.69) is 5.32 Å². The van der Waals surface area contributed by atoms with Gasteiger partial charge in [-0.25, -0.2) is 4.39 Å². The largest absolute Gasteiger partial charge is 0.319 e. The first-order valence-electron chi connectivity index (χ1n) is 6.04.